The molecule has 2 amide bonds. The first-order chi connectivity index (χ1) is 15.9. The van der Waals surface area contributed by atoms with Gasteiger partial charge in [-0.25, -0.2) is 9.59 Å². The molecule has 176 valence electrons. The van der Waals surface area contributed by atoms with Crippen molar-refractivity contribution in [1.82, 2.24) is 10.6 Å². The molecule has 2 aromatic rings. The maximum atomic E-state index is 13.1. The van der Waals surface area contributed by atoms with Crippen molar-refractivity contribution in [3.8, 4) is 5.75 Å². The highest BCUT2D eigenvalue weighted by Crippen LogP contribution is 2.27. The number of benzene rings is 2. The van der Waals surface area contributed by atoms with E-state index in [-0.39, 0.29) is 12.3 Å². The lowest BCUT2D eigenvalue weighted by molar-refractivity contribution is -0.142. The minimum Gasteiger partial charge on any atom is -0.480 e. The monoisotopic (exact) mass is 472 g/mol. The Kier molecular flexibility index (Phi) is 9.13. The van der Waals surface area contributed by atoms with E-state index in [1.54, 1.807) is 24.3 Å². The average molecular weight is 473 g/mol. The molecule has 1 fully saturated rings. The number of ether oxygens (including phenoxy) is 1. The lowest BCUT2D eigenvalue weighted by Gasteiger charge is -2.27. The van der Waals surface area contributed by atoms with Gasteiger partial charge >= 0.3 is 12.1 Å². The smallest absolute Gasteiger partial charge is 0.413 e. The van der Waals surface area contributed by atoms with E-state index in [0.717, 1.165) is 37.7 Å². The van der Waals surface area contributed by atoms with Crippen LogP contribution in [0, 0.1) is 5.92 Å². The zero-order valence-electron chi connectivity index (χ0n) is 18.3. The Morgan fingerprint density at radius 1 is 0.939 bits per heavy atom. The summed E-state index contributed by atoms with van der Waals surface area (Å²) in [5.74, 6) is -1.09. The molecule has 0 heterocycles. The Morgan fingerprint density at radius 3 is 2.24 bits per heavy atom. The second kappa shape index (κ2) is 12.3. The number of amides is 2. The largest absolute Gasteiger partial charge is 0.480 e. The van der Waals surface area contributed by atoms with Gasteiger partial charge in [-0.1, -0.05) is 74.0 Å². The van der Waals surface area contributed by atoms with Crippen LogP contribution in [0.5, 0.6) is 5.75 Å². The van der Waals surface area contributed by atoms with Crippen molar-refractivity contribution >= 4 is 29.6 Å². The summed E-state index contributed by atoms with van der Waals surface area (Å²) in [5, 5.41) is 15.4. The van der Waals surface area contributed by atoms with Crippen molar-refractivity contribution in [2.75, 3.05) is 0 Å². The van der Waals surface area contributed by atoms with Crippen LogP contribution in [-0.2, 0) is 16.0 Å². The van der Waals surface area contributed by atoms with Crippen molar-refractivity contribution in [2.45, 2.75) is 57.0 Å². The van der Waals surface area contributed by atoms with E-state index in [1.165, 1.54) is 0 Å². The van der Waals surface area contributed by atoms with Crippen molar-refractivity contribution < 1.29 is 24.2 Å². The third-order valence-electron chi connectivity index (χ3n) is 5.82. The molecular weight excluding hydrogens is 444 g/mol. The van der Waals surface area contributed by atoms with E-state index in [1.807, 2.05) is 30.3 Å². The van der Waals surface area contributed by atoms with Crippen LogP contribution < -0.4 is 15.4 Å². The van der Waals surface area contributed by atoms with E-state index in [0.29, 0.717) is 17.2 Å². The van der Waals surface area contributed by atoms with Crippen LogP contribution in [0.3, 0.4) is 0 Å². The fraction of sp³-hybridized carbons (Fsp3) is 0.400. The highest BCUT2D eigenvalue weighted by atomic mass is 35.5. The second-order valence-corrected chi connectivity index (χ2v) is 8.81. The highest BCUT2D eigenvalue weighted by molar-refractivity contribution is 6.30. The van der Waals surface area contributed by atoms with E-state index >= 15 is 0 Å². The second-order valence-electron chi connectivity index (χ2n) is 8.37. The van der Waals surface area contributed by atoms with Gasteiger partial charge in [0.1, 0.15) is 17.8 Å². The molecule has 2 aromatic carbocycles. The molecule has 0 aliphatic heterocycles. The van der Waals surface area contributed by atoms with Gasteiger partial charge in [0.15, 0.2) is 0 Å². The predicted octanol–water partition coefficient (Wildman–Crippen LogP) is 4.58. The van der Waals surface area contributed by atoms with Gasteiger partial charge in [0.2, 0.25) is 5.91 Å². The molecule has 0 saturated heterocycles. The Labute approximate surface area is 198 Å². The van der Waals surface area contributed by atoms with Crippen LogP contribution in [0.4, 0.5) is 4.79 Å². The number of carbonyl (C=O) groups excluding carboxylic acids is 2. The number of nitrogens with one attached hydrogen (secondary N) is 2. The molecule has 0 aromatic heterocycles. The number of aliphatic carboxylic acids is 1. The van der Waals surface area contributed by atoms with Crippen LogP contribution in [0.25, 0.3) is 0 Å². The van der Waals surface area contributed by atoms with Gasteiger partial charge in [0, 0.05) is 11.4 Å². The molecule has 0 radical (unpaired) electrons. The first-order valence-corrected chi connectivity index (χ1v) is 11.6. The van der Waals surface area contributed by atoms with E-state index in [4.69, 9.17) is 16.3 Å². The number of carbonyl (C=O) groups is 3. The van der Waals surface area contributed by atoms with Gasteiger partial charge in [0.25, 0.3) is 0 Å². The van der Waals surface area contributed by atoms with Crippen LogP contribution in [0.2, 0.25) is 5.02 Å². The number of rotatable bonds is 9. The van der Waals surface area contributed by atoms with Gasteiger partial charge in [0.05, 0.1) is 0 Å². The molecule has 1 aliphatic carbocycles. The normalized spacial score (nSPS) is 15.8. The van der Waals surface area contributed by atoms with Crippen LogP contribution >= 0.6 is 11.6 Å². The van der Waals surface area contributed by atoms with Crippen molar-refractivity contribution in [2.24, 2.45) is 5.92 Å². The fourth-order valence-corrected chi connectivity index (χ4v) is 4.22. The zero-order chi connectivity index (χ0) is 23.6. The molecule has 0 bridgehead atoms. The minimum absolute atomic E-state index is 0.146. The third-order valence-corrected chi connectivity index (χ3v) is 6.08. The predicted molar refractivity (Wildman–Crippen MR) is 125 cm³/mol. The molecule has 1 saturated carbocycles. The molecule has 3 rings (SSSR count). The SMILES string of the molecule is O=C(N[C@@H](CC1CCCCC1)C(=O)N[C@@H](Cc1ccccc1)C(=O)O)Oc1ccc(Cl)cc1. The molecular formula is C25H29ClN2O5. The van der Waals surface area contributed by atoms with Crippen LogP contribution in [0.15, 0.2) is 54.6 Å². The average Bonchev–Trinajstić information content (AvgIpc) is 2.81. The first kappa shape index (κ1) is 24.6. The topological polar surface area (TPSA) is 105 Å². The number of carboxylic acid groups (broad SMARTS) is 1. The van der Waals surface area contributed by atoms with E-state index < -0.39 is 30.1 Å². The number of carboxylic acids is 1. The Morgan fingerprint density at radius 2 is 1.61 bits per heavy atom. The van der Waals surface area contributed by atoms with Crippen molar-refractivity contribution in [1.29, 1.82) is 0 Å². The lowest BCUT2D eigenvalue weighted by Crippen LogP contribution is -2.53. The molecule has 2 atom stereocenters. The number of halogens is 1. The molecule has 8 heteroatoms. The van der Waals surface area contributed by atoms with Gasteiger partial charge in [-0.15, -0.1) is 0 Å². The summed E-state index contributed by atoms with van der Waals surface area (Å²) in [6.45, 7) is 0. The van der Waals surface area contributed by atoms with Crippen LogP contribution in [0.1, 0.15) is 44.1 Å². The standard InChI is InChI=1S/C25H29ClN2O5/c26-19-11-13-20(14-12-19)33-25(32)28-21(15-17-7-3-1-4-8-17)23(29)27-22(24(30)31)16-18-9-5-2-6-10-18/h2,5-6,9-14,17,21-22H,1,3-4,7-8,15-16H2,(H,27,29)(H,28,32)(H,30,31)/t21-,22-/m0/s1. The quantitative estimate of drug-likeness (QED) is 0.495. The molecule has 3 N–H and O–H groups in total. The molecule has 1 aliphatic rings. The van der Waals surface area contributed by atoms with Crippen LogP contribution in [-0.4, -0.2) is 35.2 Å². The molecule has 33 heavy (non-hydrogen) atoms. The summed E-state index contributed by atoms with van der Waals surface area (Å²) in [7, 11) is 0. The van der Waals surface area contributed by atoms with Gasteiger partial charge in [-0.2, -0.15) is 0 Å². The third kappa shape index (κ3) is 8.09. The summed E-state index contributed by atoms with van der Waals surface area (Å²) in [4.78, 5) is 37.4. The molecule has 0 unspecified atom stereocenters. The summed E-state index contributed by atoms with van der Waals surface area (Å²) in [6, 6.07) is 13.4. The first-order valence-electron chi connectivity index (χ1n) is 11.2. The van der Waals surface area contributed by atoms with Crippen molar-refractivity contribution in [3.05, 3.63) is 65.2 Å². The summed E-state index contributed by atoms with van der Waals surface area (Å²) >= 11 is 5.86. The summed E-state index contributed by atoms with van der Waals surface area (Å²) < 4.78 is 5.28. The van der Waals surface area contributed by atoms with E-state index in [9.17, 15) is 19.5 Å². The fourth-order valence-electron chi connectivity index (χ4n) is 4.09. The number of hydrogen-bond donors (Lipinski definition) is 3. The van der Waals surface area contributed by atoms with E-state index in [2.05, 4.69) is 10.6 Å². The molecule has 0 spiro atoms. The Bertz CT molecular complexity index is 930. The van der Waals surface area contributed by atoms with Gasteiger partial charge < -0.3 is 20.5 Å². The Hall–Kier alpha value is -3.06. The number of hydrogen-bond acceptors (Lipinski definition) is 4. The minimum atomic E-state index is -1.13. The lowest BCUT2D eigenvalue weighted by atomic mass is 9.84. The Balaban J connectivity index is 1.68. The summed E-state index contributed by atoms with van der Waals surface area (Å²) in [5.41, 5.74) is 0.795. The van der Waals surface area contributed by atoms with Gasteiger partial charge in [-0.3, -0.25) is 4.79 Å². The van der Waals surface area contributed by atoms with Crippen molar-refractivity contribution in [3.63, 3.8) is 0 Å². The van der Waals surface area contributed by atoms with Gasteiger partial charge in [-0.05, 0) is 42.2 Å². The summed E-state index contributed by atoms with van der Waals surface area (Å²) in [6.07, 6.45) is 5.08. The highest BCUT2D eigenvalue weighted by Gasteiger charge is 2.30. The molecule has 7 nitrogen and oxygen atoms in total. The maximum Gasteiger partial charge on any atom is 0.413 e. The maximum absolute atomic E-state index is 13.1. The zero-order valence-corrected chi connectivity index (χ0v) is 19.1.